The van der Waals surface area contributed by atoms with E-state index in [4.69, 9.17) is 0 Å². The first kappa shape index (κ1) is 11.3. The van der Waals surface area contributed by atoms with Crippen molar-refractivity contribution in [3.05, 3.63) is 18.1 Å². The molecule has 0 unspecified atom stereocenters. The van der Waals surface area contributed by atoms with Gasteiger partial charge in [0.15, 0.2) is 0 Å². The maximum atomic E-state index is 9.41. The normalized spacial score (nSPS) is 25.4. The van der Waals surface area contributed by atoms with Crippen LogP contribution in [-0.2, 0) is 0 Å². The van der Waals surface area contributed by atoms with Gasteiger partial charge in [-0.1, -0.05) is 0 Å². The van der Waals surface area contributed by atoms with Crippen LogP contribution in [0.2, 0.25) is 0 Å². The second kappa shape index (κ2) is 5.25. The molecule has 16 heavy (non-hydrogen) atoms. The smallest absolute Gasteiger partial charge is 0.147 e. The lowest BCUT2D eigenvalue weighted by Gasteiger charge is -2.25. The molecule has 0 bridgehead atoms. The second-order valence-corrected chi connectivity index (χ2v) is 4.55. The fourth-order valence-corrected chi connectivity index (χ4v) is 2.17. The highest BCUT2D eigenvalue weighted by atomic mass is 16.3. The highest BCUT2D eigenvalue weighted by molar-refractivity contribution is 5.38. The van der Waals surface area contributed by atoms with E-state index in [9.17, 15) is 5.11 Å². The molecule has 2 rings (SSSR count). The van der Waals surface area contributed by atoms with E-state index in [2.05, 4.69) is 15.3 Å². The van der Waals surface area contributed by atoms with E-state index < -0.39 is 0 Å². The summed E-state index contributed by atoms with van der Waals surface area (Å²) in [6.07, 6.45) is 7.42. The van der Waals surface area contributed by atoms with Crippen LogP contribution in [0, 0.1) is 12.8 Å². The molecule has 0 aliphatic heterocycles. The van der Waals surface area contributed by atoms with E-state index in [-0.39, 0.29) is 6.10 Å². The molecule has 1 aliphatic carbocycles. The van der Waals surface area contributed by atoms with Crippen molar-refractivity contribution >= 4 is 5.82 Å². The Morgan fingerprint density at radius 1 is 1.25 bits per heavy atom. The molecule has 1 aromatic heterocycles. The van der Waals surface area contributed by atoms with Gasteiger partial charge < -0.3 is 10.4 Å². The summed E-state index contributed by atoms with van der Waals surface area (Å²) in [7, 11) is 0. The lowest BCUT2D eigenvalue weighted by molar-refractivity contribution is 0.111. The minimum atomic E-state index is -0.0745. The predicted octanol–water partition coefficient (Wildman–Crippen LogP) is 1.75. The molecule has 1 heterocycles. The van der Waals surface area contributed by atoms with Gasteiger partial charge in [-0.05, 0) is 38.5 Å². The Labute approximate surface area is 96.1 Å². The number of nitrogens with zero attached hydrogens (tertiary/aromatic N) is 2. The van der Waals surface area contributed by atoms with E-state index in [1.54, 1.807) is 12.4 Å². The van der Waals surface area contributed by atoms with Gasteiger partial charge >= 0.3 is 0 Å². The standard InChI is InChI=1S/C12H19N3O/c1-9-12(14-7-6-13-9)15-8-10-2-4-11(16)5-3-10/h6-7,10-11,16H,2-5,8H2,1H3,(H,14,15). The topological polar surface area (TPSA) is 58.0 Å². The van der Waals surface area contributed by atoms with E-state index >= 15 is 0 Å². The summed E-state index contributed by atoms with van der Waals surface area (Å²) in [6, 6.07) is 0. The summed E-state index contributed by atoms with van der Waals surface area (Å²) < 4.78 is 0. The third kappa shape index (κ3) is 2.92. The molecule has 0 amide bonds. The summed E-state index contributed by atoms with van der Waals surface area (Å²) in [5, 5.41) is 12.8. The third-order valence-corrected chi connectivity index (χ3v) is 3.26. The number of hydrogen-bond donors (Lipinski definition) is 2. The Morgan fingerprint density at radius 3 is 2.62 bits per heavy atom. The second-order valence-electron chi connectivity index (χ2n) is 4.55. The molecule has 0 saturated heterocycles. The molecule has 4 heteroatoms. The van der Waals surface area contributed by atoms with Gasteiger partial charge in [-0.3, -0.25) is 4.98 Å². The number of nitrogens with one attached hydrogen (secondary N) is 1. The van der Waals surface area contributed by atoms with Crippen LogP contribution < -0.4 is 5.32 Å². The highest BCUT2D eigenvalue weighted by Crippen LogP contribution is 2.24. The van der Waals surface area contributed by atoms with Crippen molar-refractivity contribution in [1.82, 2.24) is 9.97 Å². The Kier molecular flexibility index (Phi) is 3.72. The van der Waals surface area contributed by atoms with Gasteiger partial charge in [0.25, 0.3) is 0 Å². The molecular formula is C12H19N3O. The molecule has 0 radical (unpaired) electrons. The average Bonchev–Trinajstić information content (AvgIpc) is 2.30. The quantitative estimate of drug-likeness (QED) is 0.816. The minimum absolute atomic E-state index is 0.0745. The predicted molar refractivity (Wildman–Crippen MR) is 63.2 cm³/mol. The van der Waals surface area contributed by atoms with Crippen LogP contribution in [-0.4, -0.2) is 27.7 Å². The summed E-state index contributed by atoms with van der Waals surface area (Å²) in [4.78, 5) is 8.44. The van der Waals surface area contributed by atoms with Gasteiger partial charge in [0.05, 0.1) is 11.8 Å². The lowest BCUT2D eigenvalue weighted by atomic mass is 9.87. The number of aryl methyl sites for hydroxylation is 1. The van der Waals surface area contributed by atoms with Crippen LogP contribution in [0.15, 0.2) is 12.4 Å². The largest absolute Gasteiger partial charge is 0.393 e. The van der Waals surface area contributed by atoms with Crippen molar-refractivity contribution in [2.24, 2.45) is 5.92 Å². The molecule has 88 valence electrons. The number of hydrogen-bond acceptors (Lipinski definition) is 4. The Bertz CT molecular complexity index is 335. The zero-order chi connectivity index (χ0) is 11.4. The van der Waals surface area contributed by atoms with Crippen LogP contribution in [0.5, 0.6) is 0 Å². The molecule has 2 N–H and O–H groups in total. The molecule has 1 aromatic rings. The zero-order valence-electron chi connectivity index (χ0n) is 9.69. The average molecular weight is 221 g/mol. The van der Waals surface area contributed by atoms with Crippen LogP contribution in [0.1, 0.15) is 31.4 Å². The Balaban J connectivity index is 1.81. The van der Waals surface area contributed by atoms with Crippen molar-refractivity contribution in [2.75, 3.05) is 11.9 Å². The van der Waals surface area contributed by atoms with Crippen molar-refractivity contribution in [2.45, 2.75) is 38.7 Å². The van der Waals surface area contributed by atoms with Crippen LogP contribution >= 0.6 is 0 Å². The summed E-state index contributed by atoms with van der Waals surface area (Å²) in [5.74, 6) is 1.54. The van der Waals surface area contributed by atoms with E-state index in [1.165, 1.54) is 0 Å². The van der Waals surface area contributed by atoms with Gasteiger partial charge in [-0.25, -0.2) is 4.98 Å². The third-order valence-electron chi connectivity index (χ3n) is 3.26. The molecule has 0 spiro atoms. The molecule has 4 nitrogen and oxygen atoms in total. The van der Waals surface area contributed by atoms with E-state index in [0.29, 0.717) is 5.92 Å². The van der Waals surface area contributed by atoms with Gasteiger partial charge in [0.1, 0.15) is 5.82 Å². The Morgan fingerprint density at radius 2 is 1.94 bits per heavy atom. The van der Waals surface area contributed by atoms with Crippen LogP contribution in [0.3, 0.4) is 0 Å². The summed E-state index contributed by atoms with van der Waals surface area (Å²) >= 11 is 0. The van der Waals surface area contributed by atoms with Crippen molar-refractivity contribution in [3.8, 4) is 0 Å². The first-order valence-corrected chi connectivity index (χ1v) is 5.95. The fraction of sp³-hybridized carbons (Fsp3) is 0.667. The Hall–Kier alpha value is -1.16. The van der Waals surface area contributed by atoms with E-state index in [1.807, 2.05) is 6.92 Å². The van der Waals surface area contributed by atoms with Gasteiger partial charge in [0.2, 0.25) is 0 Å². The van der Waals surface area contributed by atoms with Gasteiger partial charge in [-0.2, -0.15) is 0 Å². The van der Waals surface area contributed by atoms with Crippen molar-refractivity contribution < 1.29 is 5.11 Å². The van der Waals surface area contributed by atoms with Crippen molar-refractivity contribution in [3.63, 3.8) is 0 Å². The monoisotopic (exact) mass is 221 g/mol. The zero-order valence-corrected chi connectivity index (χ0v) is 9.69. The maximum Gasteiger partial charge on any atom is 0.147 e. The number of aliphatic hydroxyl groups is 1. The van der Waals surface area contributed by atoms with E-state index in [0.717, 1.165) is 43.7 Å². The SMILES string of the molecule is Cc1nccnc1NCC1CCC(O)CC1. The molecule has 0 atom stereocenters. The number of rotatable bonds is 3. The minimum Gasteiger partial charge on any atom is -0.393 e. The number of aromatic nitrogens is 2. The maximum absolute atomic E-state index is 9.41. The van der Waals surface area contributed by atoms with Gasteiger partial charge in [-0.15, -0.1) is 0 Å². The first-order chi connectivity index (χ1) is 7.75. The number of aliphatic hydroxyl groups excluding tert-OH is 1. The van der Waals surface area contributed by atoms with Crippen LogP contribution in [0.4, 0.5) is 5.82 Å². The molecule has 1 fully saturated rings. The van der Waals surface area contributed by atoms with Crippen molar-refractivity contribution in [1.29, 1.82) is 0 Å². The molecule has 0 aromatic carbocycles. The van der Waals surface area contributed by atoms with Gasteiger partial charge in [0, 0.05) is 18.9 Å². The summed E-state index contributed by atoms with van der Waals surface area (Å²) in [5.41, 5.74) is 0.943. The highest BCUT2D eigenvalue weighted by Gasteiger charge is 2.19. The fourth-order valence-electron chi connectivity index (χ4n) is 2.17. The number of anilines is 1. The first-order valence-electron chi connectivity index (χ1n) is 5.95. The molecular weight excluding hydrogens is 202 g/mol. The molecule has 1 aliphatic rings. The lowest BCUT2D eigenvalue weighted by Crippen LogP contribution is -2.24. The summed E-state index contributed by atoms with van der Waals surface area (Å²) in [6.45, 7) is 2.90. The molecule has 1 saturated carbocycles. The van der Waals surface area contributed by atoms with Crippen LogP contribution in [0.25, 0.3) is 0 Å².